The molecule has 0 fully saturated rings. The van der Waals surface area contributed by atoms with E-state index >= 15 is 0 Å². The van der Waals surface area contributed by atoms with Gasteiger partial charge in [0, 0.05) is 6.54 Å². The summed E-state index contributed by atoms with van der Waals surface area (Å²) in [5, 5.41) is 0. The molecule has 0 spiro atoms. The van der Waals surface area contributed by atoms with Crippen LogP contribution >= 0.6 is 0 Å². The minimum Gasteiger partial charge on any atom is -1.00 e. The molecular weight excluding hydrogens is 174 g/mol. The van der Waals surface area contributed by atoms with Crippen LogP contribution in [0.3, 0.4) is 0 Å². The molecule has 0 heterocycles. The van der Waals surface area contributed by atoms with E-state index in [9.17, 15) is 0 Å². The number of aliphatic imine (C=N–C) groups is 2. The highest BCUT2D eigenvalue weighted by Gasteiger charge is 2.08. The number of quaternary nitrogens is 1. The van der Waals surface area contributed by atoms with Gasteiger partial charge in [0.05, 0.1) is 26.6 Å². The molecule has 3 nitrogen and oxygen atoms in total. The van der Waals surface area contributed by atoms with E-state index in [2.05, 4.69) is 37.0 Å². The first-order valence-corrected chi connectivity index (χ1v) is 4.02. The van der Waals surface area contributed by atoms with Crippen molar-refractivity contribution in [2.24, 2.45) is 9.98 Å². The second-order valence-electron chi connectivity index (χ2n) is 3.13. The Kier molecular flexibility index (Phi) is 8.61. The molecule has 0 atom stereocenters. The summed E-state index contributed by atoms with van der Waals surface area (Å²) >= 11 is 0. The van der Waals surface area contributed by atoms with Crippen molar-refractivity contribution in [2.45, 2.75) is 13.8 Å². The Morgan fingerprint density at radius 2 is 1.75 bits per heavy atom. The van der Waals surface area contributed by atoms with E-state index in [0.29, 0.717) is 0 Å². The number of halogens is 1. The average Bonchev–Trinajstić information content (AvgIpc) is 1.99. The third-order valence-electron chi connectivity index (χ3n) is 1.61. The van der Waals surface area contributed by atoms with Crippen LogP contribution in [0.4, 0.5) is 0 Å². The smallest absolute Gasteiger partial charge is 0.182 e. The predicted molar refractivity (Wildman–Crippen MR) is 47.9 cm³/mol. The minimum atomic E-state index is 0. The van der Waals surface area contributed by atoms with Gasteiger partial charge in [-0.2, -0.15) is 4.99 Å². The summed E-state index contributed by atoms with van der Waals surface area (Å²) in [6, 6.07) is 2.66. The average molecular weight is 192 g/mol. The van der Waals surface area contributed by atoms with Gasteiger partial charge in [-0.1, -0.05) is 0 Å². The molecule has 0 rings (SSSR count). The summed E-state index contributed by atoms with van der Waals surface area (Å²) in [6.07, 6.45) is 0. The number of rotatable bonds is 4. The fourth-order valence-electron chi connectivity index (χ4n) is 0.444. The fourth-order valence-corrected chi connectivity index (χ4v) is 0.444. The first-order valence-electron chi connectivity index (χ1n) is 4.02. The Hall–Kier alpha value is -0.370. The molecule has 0 aromatic heterocycles. The van der Waals surface area contributed by atoms with Crippen molar-refractivity contribution in [3.05, 3.63) is 0 Å². The molecule has 0 amide bonds. The maximum Gasteiger partial charge on any atom is 0.182 e. The topological polar surface area (TPSA) is 24.7 Å². The molecule has 0 aromatic carbocycles. The van der Waals surface area contributed by atoms with Crippen LogP contribution in [0, 0.1) is 0 Å². The third kappa shape index (κ3) is 7.73. The molecule has 72 valence electrons. The maximum absolute atomic E-state index is 4.06. The van der Waals surface area contributed by atoms with Crippen molar-refractivity contribution in [1.29, 1.82) is 0 Å². The molecule has 0 aliphatic rings. The highest BCUT2D eigenvalue weighted by atomic mass is 35.5. The number of hydrogen-bond donors (Lipinski definition) is 0. The lowest BCUT2D eigenvalue weighted by Gasteiger charge is -2.24. The Bertz CT molecular complexity index is 160. The van der Waals surface area contributed by atoms with Crippen LogP contribution in [0.15, 0.2) is 9.98 Å². The van der Waals surface area contributed by atoms with E-state index in [-0.39, 0.29) is 12.4 Å². The molecule has 0 aliphatic carbocycles. The van der Waals surface area contributed by atoms with Gasteiger partial charge in [0.15, 0.2) is 6.67 Å². The van der Waals surface area contributed by atoms with E-state index in [4.69, 9.17) is 0 Å². The highest BCUT2D eigenvalue weighted by Crippen LogP contribution is 1.93. The van der Waals surface area contributed by atoms with Crippen molar-refractivity contribution in [3.8, 4) is 0 Å². The largest absolute Gasteiger partial charge is 1.00 e. The molecule has 0 unspecified atom stereocenters. The molecule has 0 saturated carbocycles. The molecule has 0 aromatic rings. The summed E-state index contributed by atoms with van der Waals surface area (Å²) in [5.74, 6) is 0. The van der Waals surface area contributed by atoms with E-state index in [1.165, 1.54) is 0 Å². The normalized spacial score (nSPS) is 9.67. The fraction of sp³-hybridized carbons (Fsp3) is 0.875. The van der Waals surface area contributed by atoms with Crippen LogP contribution in [-0.2, 0) is 0 Å². The van der Waals surface area contributed by atoms with Crippen LogP contribution in [0.25, 0.3) is 0 Å². The van der Waals surface area contributed by atoms with Gasteiger partial charge in [0.25, 0.3) is 0 Å². The van der Waals surface area contributed by atoms with Gasteiger partial charge in [-0.05, 0) is 13.8 Å². The molecule has 0 radical (unpaired) electrons. The van der Waals surface area contributed by atoms with E-state index in [1.807, 2.05) is 6.92 Å². The Labute approximate surface area is 81.2 Å². The van der Waals surface area contributed by atoms with Crippen LogP contribution in [0.1, 0.15) is 13.8 Å². The Balaban J connectivity index is 0. The van der Waals surface area contributed by atoms with Crippen molar-refractivity contribution in [2.75, 3.05) is 33.9 Å². The summed E-state index contributed by atoms with van der Waals surface area (Å²) in [4.78, 5) is 7.94. The van der Waals surface area contributed by atoms with Crippen molar-refractivity contribution >= 4 is 6.01 Å². The molecule has 4 heteroatoms. The van der Waals surface area contributed by atoms with Crippen molar-refractivity contribution < 1.29 is 16.9 Å². The third-order valence-corrected chi connectivity index (χ3v) is 1.61. The monoisotopic (exact) mass is 191 g/mol. The highest BCUT2D eigenvalue weighted by molar-refractivity contribution is 5.40. The maximum atomic E-state index is 4.06. The lowest BCUT2D eigenvalue weighted by Crippen LogP contribution is -3.00. The molecule has 0 N–H and O–H groups in total. The molecule has 0 aliphatic heterocycles. The van der Waals surface area contributed by atoms with E-state index < -0.39 is 0 Å². The van der Waals surface area contributed by atoms with Crippen LogP contribution in [-0.4, -0.2) is 44.3 Å². The van der Waals surface area contributed by atoms with Gasteiger partial charge in [-0.15, -0.1) is 0 Å². The minimum absolute atomic E-state index is 0. The quantitative estimate of drug-likeness (QED) is 0.372. The molecule has 12 heavy (non-hydrogen) atoms. The Morgan fingerprint density at radius 3 is 2.17 bits per heavy atom. The lowest BCUT2D eigenvalue weighted by molar-refractivity contribution is -0.887. The molecule has 0 bridgehead atoms. The van der Waals surface area contributed by atoms with Gasteiger partial charge in [-0.25, -0.2) is 4.99 Å². The first-order chi connectivity index (χ1) is 5.12. The summed E-state index contributed by atoms with van der Waals surface area (Å²) in [7, 11) is 4.27. The number of hydrogen-bond acceptors (Lipinski definition) is 2. The van der Waals surface area contributed by atoms with Gasteiger partial charge in [0.2, 0.25) is 0 Å². The molecule has 0 saturated heterocycles. The zero-order chi connectivity index (χ0) is 8.74. The SMILES string of the molecule is CCN=C=NC[N+](C)(C)CC.[Cl-]. The second kappa shape index (κ2) is 7.29. The lowest BCUT2D eigenvalue weighted by atomic mass is 10.5. The predicted octanol–water partition coefficient (Wildman–Crippen LogP) is -1.76. The summed E-state index contributed by atoms with van der Waals surface area (Å²) in [5.41, 5.74) is 0. The van der Waals surface area contributed by atoms with Gasteiger partial charge in [-0.3, -0.25) is 0 Å². The summed E-state index contributed by atoms with van der Waals surface area (Å²) < 4.78 is 0.895. The van der Waals surface area contributed by atoms with Crippen LogP contribution in [0.2, 0.25) is 0 Å². The first kappa shape index (κ1) is 14.2. The standard InChI is InChI=1S/C8H18N3.ClH/c1-5-9-7-10-8-11(3,4)6-2;/h5-6,8H2,1-4H3;1H/q+1;/p-1. The van der Waals surface area contributed by atoms with Gasteiger partial charge >= 0.3 is 0 Å². The van der Waals surface area contributed by atoms with Gasteiger partial charge < -0.3 is 16.9 Å². The zero-order valence-corrected chi connectivity index (χ0v) is 9.10. The van der Waals surface area contributed by atoms with E-state index in [0.717, 1.165) is 24.2 Å². The van der Waals surface area contributed by atoms with Gasteiger partial charge in [0.1, 0.15) is 0 Å². The van der Waals surface area contributed by atoms with Crippen LogP contribution in [0.5, 0.6) is 0 Å². The molecular formula is C8H18ClN3. The second-order valence-corrected chi connectivity index (χ2v) is 3.13. The van der Waals surface area contributed by atoms with Crippen molar-refractivity contribution in [3.63, 3.8) is 0 Å². The van der Waals surface area contributed by atoms with Crippen molar-refractivity contribution in [1.82, 2.24) is 0 Å². The summed E-state index contributed by atoms with van der Waals surface area (Å²) in [6.45, 7) is 6.73. The van der Waals surface area contributed by atoms with E-state index in [1.54, 1.807) is 0 Å². The number of nitrogens with zero attached hydrogens (tertiary/aromatic N) is 3. The Morgan fingerprint density at radius 1 is 1.17 bits per heavy atom. The zero-order valence-electron chi connectivity index (χ0n) is 8.34. The van der Waals surface area contributed by atoms with Crippen LogP contribution < -0.4 is 12.4 Å².